The van der Waals surface area contributed by atoms with Crippen LogP contribution >= 0.6 is 23.8 Å². The van der Waals surface area contributed by atoms with Crippen LogP contribution < -0.4 is 25.6 Å². The van der Waals surface area contributed by atoms with E-state index in [2.05, 4.69) is 16.0 Å². The summed E-state index contributed by atoms with van der Waals surface area (Å²) in [7, 11) is 1.57. The lowest BCUT2D eigenvalue weighted by Crippen LogP contribution is -2.37. The van der Waals surface area contributed by atoms with Gasteiger partial charge in [-0.15, -0.1) is 0 Å². The van der Waals surface area contributed by atoms with E-state index in [1.165, 1.54) is 11.0 Å². The summed E-state index contributed by atoms with van der Waals surface area (Å²) in [6.45, 7) is 0.163. The lowest BCUT2D eigenvalue weighted by atomic mass is 10.1. The van der Waals surface area contributed by atoms with Gasteiger partial charge in [0.1, 0.15) is 5.75 Å². The van der Waals surface area contributed by atoms with Crippen molar-refractivity contribution in [2.45, 2.75) is 6.54 Å². The van der Waals surface area contributed by atoms with Gasteiger partial charge >= 0.3 is 6.03 Å². The van der Waals surface area contributed by atoms with Gasteiger partial charge in [-0.25, -0.2) is 4.79 Å². The summed E-state index contributed by atoms with van der Waals surface area (Å²) < 4.78 is 5.10. The third-order valence-corrected chi connectivity index (χ3v) is 5.66. The first kappa shape index (κ1) is 23.2. The molecule has 34 heavy (non-hydrogen) atoms. The number of anilines is 3. The molecule has 3 amide bonds. The normalized spacial score (nSPS) is 12.2. The van der Waals surface area contributed by atoms with Crippen LogP contribution in [0.15, 0.2) is 66.7 Å². The summed E-state index contributed by atoms with van der Waals surface area (Å²) in [6.07, 6.45) is 0. The fraction of sp³-hybridized carbons (Fsp3) is 0.0833. The van der Waals surface area contributed by atoms with E-state index in [1.807, 2.05) is 6.07 Å². The summed E-state index contributed by atoms with van der Waals surface area (Å²) in [6, 6.07) is 18.2. The first-order valence-electron chi connectivity index (χ1n) is 10.1. The minimum Gasteiger partial charge on any atom is -0.497 e. The smallest absolute Gasteiger partial charge is 0.325 e. The van der Waals surface area contributed by atoms with Crippen LogP contribution in [-0.2, 0) is 11.3 Å². The summed E-state index contributed by atoms with van der Waals surface area (Å²) in [5.41, 5.74) is 2.39. The highest BCUT2D eigenvalue weighted by molar-refractivity contribution is 7.80. The van der Waals surface area contributed by atoms with Crippen LogP contribution in [0.25, 0.3) is 0 Å². The summed E-state index contributed by atoms with van der Waals surface area (Å²) in [4.78, 5) is 38.9. The summed E-state index contributed by atoms with van der Waals surface area (Å²) in [5, 5.41) is 8.59. The fourth-order valence-electron chi connectivity index (χ4n) is 3.43. The van der Waals surface area contributed by atoms with Gasteiger partial charge < -0.3 is 20.3 Å². The van der Waals surface area contributed by atoms with E-state index in [4.69, 9.17) is 28.6 Å². The number of nitrogens with one attached hydrogen (secondary N) is 3. The molecule has 0 aromatic heterocycles. The van der Waals surface area contributed by atoms with E-state index in [9.17, 15) is 14.4 Å². The molecule has 4 rings (SSSR count). The Kier molecular flexibility index (Phi) is 6.76. The fourth-order valence-corrected chi connectivity index (χ4v) is 3.84. The number of ketones is 1. The maximum absolute atomic E-state index is 12.6. The molecule has 1 aliphatic rings. The Morgan fingerprint density at radius 3 is 2.41 bits per heavy atom. The number of carbonyl (C=O) groups is 3. The van der Waals surface area contributed by atoms with E-state index in [-0.39, 0.29) is 17.2 Å². The Hall–Kier alpha value is -3.95. The molecule has 0 saturated carbocycles. The van der Waals surface area contributed by atoms with Gasteiger partial charge in [-0.1, -0.05) is 29.8 Å². The Bertz CT molecular complexity index is 1300. The van der Waals surface area contributed by atoms with Crippen LogP contribution in [0.5, 0.6) is 5.75 Å². The highest BCUT2D eigenvalue weighted by Gasteiger charge is 2.36. The number of Topliss-reactive ketones (excluding diaryl/α,β-unsaturated/α-hetero) is 1. The molecular weight excluding hydrogens is 476 g/mol. The minimum atomic E-state index is -0.651. The van der Waals surface area contributed by atoms with Crippen LogP contribution in [0.2, 0.25) is 5.02 Å². The monoisotopic (exact) mass is 494 g/mol. The van der Waals surface area contributed by atoms with Crippen molar-refractivity contribution in [1.82, 2.24) is 5.32 Å². The van der Waals surface area contributed by atoms with Gasteiger partial charge in [-0.05, 0) is 66.3 Å². The zero-order valence-electron chi connectivity index (χ0n) is 17.9. The van der Waals surface area contributed by atoms with Gasteiger partial charge in [0.05, 0.1) is 24.9 Å². The third-order valence-electron chi connectivity index (χ3n) is 5.09. The largest absolute Gasteiger partial charge is 0.497 e. The first-order chi connectivity index (χ1) is 16.4. The quantitative estimate of drug-likeness (QED) is 0.354. The number of urea groups is 1. The molecular formula is C24H19ClN4O4S. The molecule has 0 aliphatic carbocycles. The van der Waals surface area contributed by atoms with Crippen LogP contribution in [0.3, 0.4) is 0 Å². The maximum Gasteiger partial charge on any atom is 0.325 e. The maximum atomic E-state index is 12.6. The molecule has 8 nitrogen and oxygen atoms in total. The molecule has 0 radical (unpaired) electrons. The van der Waals surface area contributed by atoms with Gasteiger partial charge in [0, 0.05) is 16.4 Å². The lowest BCUT2D eigenvalue weighted by molar-refractivity contribution is -0.114. The van der Waals surface area contributed by atoms with Gasteiger partial charge in [0.15, 0.2) is 5.11 Å². The van der Waals surface area contributed by atoms with E-state index in [0.29, 0.717) is 27.8 Å². The number of carbonyl (C=O) groups excluding carboxylic acids is 3. The number of halogens is 1. The van der Waals surface area contributed by atoms with Gasteiger partial charge in [0.2, 0.25) is 0 Å². The number of methoxy groups -OCH3 is 1. The van der Waals surface area contributed by atoms with Gasteiger partial charge in [0.25, 0.3) is 11.7 Å². The van der Waals surface area contributed by atoms with Crippen LogP contribution in [0, 0.1) is 0 Å². The van der Waals surface area contributed by atoms with Crippen molar-refractivity contribution in [3.63, 3.8) is 0 Å². The second kappa shape index (κ2) is 9.90. The van der Waals surface area contributed by atoms with Crippen molar-refractivity contribution in [2.75, 3.05) is 22.6 Å². The number of benzene rings is 3. The Morgan fingerprint density at radius 2 is 1.71 bits per heavy atom. The second-order valence-corrected chi connectivity index (χ2v) is 8.12. The van der Waals surface area contributed by atoms with Crippen molar-refractivity contribution in [3.05, 3.63) is 82.9 Å². The van der Waals surface area contributed by atoms with E-state index < -0.39 is 17.7 Å². The average Bonchev–Trinajstić information content (AvgIpc) is 3.05. The lowest BCUT2D eigenvalue weighted by Gasteiger charge is -2.17. The van der Waals surface area contributed by atoms with Gasteiger partial charge in [-0.3, -0.25) is 14.9 Å². The third kappa shape index (κ3) is 5.00. The molecule has 10 heteroatoms. The molecule has 3 aromatic carbocycles. The molecule has 0 spiro atoms. The number of hydrogen-bond acceptors (Lipinski definition) is 5. The number of nitrogens with zero attached hydrogens (tertiary/aromatic N) is 1. The minimum absolute atomic E-state index is 0.0843. The SMILES string of the molecule is COc1ccc(NC(=S)NC(=O)Nc2ccc3c(c2)C(=O)C(=O)N3Cc2ccccc2Cl)cc1. The Morgan fingerprint density at radius 1 is 1.00 bits per heavy atom. The summed E-state index contributed by atoms with van der Waals surface area (Å²) >= 11 is 11.4. The number of fused-ring (bicyclic) bond motifs is 1. The second-order valence-electron chi connectivity index (χ2n) is 7.31. The van der Waals surface area contributed by atoms with Crippen molar-refractivity contribution in [1.29, 1.82) is 0 Å². The number of thiocarbonyl (C=S) groups is 1. The Labute approximate surface area is 205 Å². The molecule has 3 aromatic rings. The standard InChI is InChI=1S/C24H19ClN4O4S/c1-33-17-9-6-15(7-10-17)27-24(34)28-23(32)26-16-8-11-20-18(12-16)21(30)22(31)29(20)13-14-4-2-3-5-19(14)25/h2-12H,13H2,1H3,(H3,26,27,28,32,34). The van der Waals surface area contributed by atoms with Crippen LogP contribution in [0.4, 0.5) is 21.9 Å². The average molecular weight is 495 g/mol. The molecule has 1 heterocycles. The van der Waals surface area contributed by atoms with Crippen molar-refractivity contribution in [3.8, 4) is 5.75 Å². The van der Waals surface area contributed by atoms with Crippen molar-refractivity contribution < 1.29 is 19.1 Å². The number of amides is 3. The summed E-state index contributed by atoms with van der Waals surface area (Å²) in [5.74, 6) is -0.610. The molecule has 0 unspecified atom stereocenters. The van der Waals surface area contributed by atoms with E-state index >= 15 is 0 Å². The molecule has 0 fully saturated rings. The number of rotatable bonds is 5. The highest BCUT2D eigenvalue weighted by atomic mass is 35.5. The molecule has 3 N–H and O–H groups in total. The topological polar surface area (TPSA) is 99.8 Å². The molecule has 172 valence electrons. The number of ether oxygens (including phenoxy) is 1. The predicted octanol–water partition coefficient (Wildman–Crippen LogP) is 4.60. The molecule has 0 bridgehead atoms. The van der Waals surface area contributed by atoms with Crippen LogP contribution in [0.1, 0.15) is 15.9 Å². The van der Waals surface area contributed by atoms with Crippen LogP contribution in [-0.4, -0.2) is 29.9 Å². The van der Waals surface area contributed by atoms with Gasteiger partial charge in [-0.2, -0.15) is 0 Å². The number of hydrogen-bond donors (Lipinski definition) is 3. The Balaban J connectivity index is 1.41. The zero-order chi connectivity index (χ0) is 24.2. The highest BCUT2D eigenvalue weighted by Crippen LogP contribution is 2.33. The molecule has 1 aliphatic heterocycles. The van der Waals surface area contributed by atoms with Crippen molar-refractivity contribution >= 4 is 63.7 Å². The zero-order valence-corrected chi connectivity index (χ0v) is 19.5. The first-order valence-corrected chi connectivity index (χ1v) is 10.9. The molecule has 0 saturated heterocycles. The molecule has 0 atom stereocenters. The van der Waals surface area contributed by atoms with E-state index in [0.717, 1.165) is 5.56 Å². The van der Waals surface area contributed by atoms with E-state index in [1.54, 1.807) is 61.7 Å². The predicted molar refractivity (Wildman–Crippen MR) is 135 cm³/mol. The van der Waals surface area contributed by atoms with Crippen molar-refractivity contribution in [2.24, 2.45) is 0 Å².